The lowest BCUT2D eigenvalue weighted by Crippen LogP contribution is -2.47. The number of nitrogens with zero attached hydrogens (tertiary/aromatic N) is 2. The third-order valence-electron chi connectivity index (χ3n) is 6.64. The van der Waals surface area contributed by atoms with Crippen molar-refractivity contribution in [3.05, 3.63) is 65.0 Å². The highest BCUT2D eigenvalue weighted by atomic mass is 19.1. The van der Waals surface area contributed by atoms with E-state index in [1.165, 1.54) is 17.2 Å². The number of benzene rings is 2. The zero-order valence-electron chi connectivity index (χ0n) is 18.0. The van der Waals surface area contributed by atoms with Gasteiger partial charge in [0.1, 0.15) is 5.82 Å². The SMILES string of the molecule is Cc1ccccc1CN1CCC2(CC1)CN(C(=O)C(C)(C)C)c1ccc(F)cc12. The molecule has 1 spiro atoms. The molecule has 2 aromatic rings. The fourth-order valence-corrected chi connectivity index (χ4v) is 4.82. The molecule has 1 fully saturated rings. The van der Waals surface area contributed by atoms with Crippen LogP contribution in [0.4, 0.5) is 10.1 Å². The second kappa shape index (κ2) is 7.24. The first-order valence-electron chi connectivity index (χ1n) is 10.6. The van der Waals surface area contributed by atoms with Crippen LogP contribution in [0, 0.1) is 18.2 Å². The Kier molecular flexibility index (Phi) is 5.02. The third-order valence-corrected chi connectivity index (χ3v) is 6.64. The van der Waals surface area contributed by atoms with Gasteiger partial charge in [-0.3, -0.25) is 9.69 Å². The maximum absolute atomic E-state index is 14.2. The minimum atomic E-state index is -0.456. The number of halogens is 1. The number of anilines is 1. The second-order valence-electron chi connectivity index (χ2n) is 9.79. The van der Waals surface area contributed by atoms with Crippen molar-refractivity contribution in [3.63, 3.8) is 0 Å². The second-order valence-corrected chi connectivity index (χ2v) is 9.79. The summed E-state index contributed by atoms with van der Waals surface area (Å²) >= 11 is 0. The van der Waals surface area contributed by atoms with Gasteiger partial charge < -0.3 is 4.90 Å². The van der Waals surface area contributed by atoms with Gasteiger partial charge in [0.15, 0.2) is 0 Å². The summed E-state index contributed by atoms with van der Waals surface area (Å²) in [5.74, 6) is -0.0971. The molecule has 4 rings (SSSR count). The zero-order valence-corrected chi connectivity index (χ0v) is 18.0. The van der Waals surface area contributed by atoms with Gasteiger partial charge in [-0.1, -0.05) is 45.0 Å². The zero-order chi connectivity index (χ0) is 20.8. The highest BCUT2D eigenvalue weighted by Gasteiger charge is 2.47. The van der Waals surface area contributed by atoms with E-state index < -0.39 is 5.41 Å². The van der Waals surface area contributed by atoms with Crippen molar-refractivity contribution in [3.8, 4) is 0 Å². The molecule has 3 nitrogen and oxygen atoms in total. The van der Waals surface area contributed by atoms with Gasteiger partial charge >= 0.3 is 0 Å². The van der Waals surface area contributed by atoms with Crippen LogP contribution in [0.25, 0.3) is 0 Å². The molecule has 29 heavy (non-hydrogen) atoms. The van der Waals surface area contributed by atoms with Crippen LogP contribution >= 0.6 is 0 Å². The fraction of sp³-hybridized carbons (Fsp3) is 0.480. The lowest BCUT2D eigenvalue weighted by Gasteiger charge is -2.40. The highest BCUT2D eigenvalue weighted by Crippen LogP contribution is 2.48. The molecule has 0 N–H and O–H groups in total. The Morgan fingerprint density at radius 1 is 1.10 bits per heavy atom. The topological polar surface area (TPSA) is 23.6 Å². The number of fused-ring (bicyclic) bond motifs is 2. The van der Waals surface area contributed by atoms with Crippen LogP contribution in [0.1, 0.15) is 50.3 Å². The number of likely N-dealkylation sites (tertiary alicyclic amines) is 1. The van der Waals surface area contributed by atoms with Gasteiger partial charge in [0, 0.05) is 29.6 Å². The minimum absolute atomic E-state index is 0.115. The number of aryl methyl sites for hydroxylation is 1. The largest absolute Gasteiger partial charge is 0.311 e. The standard InChI is InChI=1S/C25H31FN2O/c1-18-7-5-6-8-19(18)16-27-13-11-25(12-14-27)17-28(23(29)24(2,3)4)22-10-9-20(26)15-21(22)25/h5-10,15H,11-14,16-17H2,1-4H3. The number of carbonyl (C=O) groups is 1. The molecule has 0 bridgehead atoms. The molecule has 4 heteroatoms. The number of hydrogen-bond donors (Lipinski definition) is 0. The Bertz CT molecular complexity index is 923. The summed E-state index contributed by atoms with van der Waals surface area (Å²) in [6, 6.07) is 13.5. The van der Waals surface area contributed by atoms with Crippen LogP contribution in [-0.4, -0.2) is 30.4 Å². The van der Waals surface area contributed by atoms with E-state index in [1.54, 1.807) is 12.1 Å². The van der Waals surface area contributed by atoms with E-state index in [4.69, 9.17) is 0 Å². The van der Waals surface area contributed by atoms with Crippen LogP contribution < -0.4 is 4.90 Å². The minimum Gasteiger partial charge on any atom is -0.311 e. The molecule has 0 aliphatic carbocycles. The fourth-order valence-electron chi connectivity index (χ4n) is 4.82. The average molecular weight is 395 g/mol. The molecule has 154 valence electrons. The van der Waals surface area contributed by atoms with Gasteiger partial charge in [-0.05, 0) is 67.7 Å². The summed E-state index contributed by atoms with van der Waals surface area (Å²) in [6.07, 6.45) is 1.90. The van der Waals surface area contributed by atoms with E-state index in [1.807, 2.05) is 25.7 Å². The number of carbonyl (C=O) groups excluding carboxylic acids is 1. The smallest absolute Gasteiger partial charge is 0.232 e. The van der Waals surface area contributed by atoms with E-state index >= 15 is 0 Å². The van der Waals surface area contributed by atoms with Crippen molar-refractivity contribution in [1.82, 2.24) is 4.90 Å². The van der Waals surface area contributed by atoms with Gasteiger partial charge in [0.2, 0.25) is 5.91 Å². The van der Waals surface area contributed by atoms with Crippen molar-refractivity contribution >= 4 is 11.6 Å². The van der Waals surface area contributed by atoms with Gasteiger partial charge in [-0.2, -0.15) is 0 Å². The average Bonchev–Trinajstić information content (AvgIpc) is 2.97. The summed E-state index contributed by atoms with van der Waals surface area (Å²) in [4.78, 5) is 17.5. The molecule has 2 aromatic carbocycles. The molecule has 0 atom stereocenters. The van der Waals surface area contributed by atoms with Gasteiger partial charge in [0.25, 0.3) is 0 Å². The molecular weight excluding hydrogens is 363 g/mol. The lowest BCUT2D eigenvalue weighted by molar-refractivity contribution is -0.125. The van der Waals surface area contributed by atoms with E-state index in [2.05, 4.69) is 36.1 Å². The lowest BCUT2D eigenvalue weighted by atomic mass is 9.74. The van der Waals surface area contributed by atoms with E-state index in [9.17, 15) is 9.18 Å². The number of rotatable bonds is 2. The Morgan fingerprint density at radius 2 is 1.79 bits per heavy atom. The van der Waals surface area contributed by atoms with Crippen molar-refractivity contribution in [2.75, 3.05) is 24.5 Å². The molecule has 2 heterocycles. The van der Waals surface area contributed by atoms with Crippen molar-refractivity contribution < 1.29 is 9.18 Å². The first-order chi connectivity index (χ1) is 13.7. The molecule has 1 amide bonds. The Hall–Kier alpha value is -2.20. The molecule has 2 aliphatic rings. The van der Waals surface area contributed by atoms with E-state index in [0.717, 1.165) is 43.7 Å². The molecule has 1 saturated heterocycles. The molecule has 0 unspecified atom stereocenters. The Morgan fingerprint density at radius 3 is 2.45 bits per heavy atom. The Labute approximate surface area is 173 Å². The van der Waals surface area contributed by atoms with Crippen LogP contribution in [-0.2, 0) is 16.8 Å². The van der Waals surface area contributed by atoms with Crippen LogP contribution in [0.5, 0.6) is 0 Å². The number of piperidine rings is 1. The van der Waals surface area contributed by atoms with Gasteiger partial charge in [0.05, 0.1) is 0 Å². The maximum Gasteiger partial charge on any atom is 0.232 e. The Balaban J connectivity index is 1.57. The normalized spacial score (nSPS) is 18.9. The molecule has 0 aromatic heterocycles. The third kappa shape index (κ3) is 3.71. The first kappa shape index (κ1) is 20.1. The summed E-state index contributed by atoms with van der Waals surface area (Å²) in [5, 5.41) is 0. The van der Waals surface area contributed by atoms with E-state index in [0.29, 0.717) is 6.54 Å². The summed E-state index contributed by atoms with van der Waals surface area (Å²) in [5.41, 5.74) is 4.02. The van der Waals surface area contributed by atoms with Crippen molar-refractivity contribution in [2.24, 2.45) is 5.41 Å². The van der Waals surface area contributed by atoms with Crippen LogP contribution in [0.15, 0.2) is 42.5 Å². The predicted octanol–water partition coefficient (Wildman–Crippen LogP) is 5.06. The number of hydrogen-bond acceptors (Lipinski definition) is 2. The molecular formula is C25H31FN2O. The summed E-state index contributed by atoms with van der Waals surface area (Å²) in [7, 11) is 0. The van der Waals surface area contributed by atoms with Crippen molar-refractivity contribution in [2.45, 2.75) is 52.5 Å². The monoisotopic (exact) mass is 394 g/mol. The van der Waals surface area contributed by atoms with Crippen molar-refractivity contribution in [1.29, 1.82) is 0 Å². The highest BCUT2D eigenvalue weighted by molar-refractivity contribution is 5.99. The van der Waals surface area contributed by atoms with Gasteiger partial charge in [-0.25, -0.2) is 4.39 Å². The predicted molar refractivity (Wildman–Crippen MR) is 116 cm³/mol. The van der Waals surface area contributed by atoms with Gasteiger partial charge in [-0.15, -0.1) is 0 Å². The van der Waals surface area contributed by atoms with Crippen LogP contribution in [0.3, 0.4) is 0 Å². The first-order valence-corrected chi connectivity index (χ1v) is 10.6. The number of amides is 1. The molecule has 2 aliphatic heterocycles. The van der Waals surface area contributed by atoms with E-state index in [-0.39, 0.29) is 17.1 Å². The maximum atomic E-state index is 14.2. The molecule has 0 radical (unpaired) electrons. The summed E-state index contributed by atoms with van der Waals surface area (Å²) in [6.45, 7) is 11.6. The quantitative estimate of drug-likeness (QED) is 0.711. The molecule has 0 saturated carbocycles. The summed E-state index contributed by atoms with van der Waals surface area (Å²) < 4.78 is 14.2. The van der Waals surface area contributed by atoms with Crippen LogP contribution in [0.2, 0.25) is 0 Å².